The van der Waals surface area contributed by atoms with Crippen molar-refractivity contribution < 1.29 is 0 Å². The van der Waals surface area contributed by atoms with Crippen molar-refractivity contribution in [3.05, 3.63) is 0 Å². The minimum Gasteiger partial charge on any atom is -0.304 e. The van der Waals surface area contributed by atoms with Crippen LogP contribution < -0.4 is 0 Å². The van der Waals surface area contributed by atoms with E-state index in [9.17, 15) is 0 Å². The highest BCUT2D eigenvalue weighted by Crippen LogP contribution is 2.36. The Balaban J connectivity index is 2.39. The molecule has 0 spiro atoms. The van der Waals surface area contributed by atoms with Crippen molar-refractivity contribution in [2.45, 2.75) is 44.6 Å². The van der Waals surface area contributed by atoms with Gasteiger partial charge in [0.2, 0.25) is 0 Å². The molecule has 0 N–H and O–H groups in total. The first-order valence-electron chi connectivity index (χ1n) is 6.96. The fourth-order valence-electron chi connectivity index (χ4n) is 2.96. The van der Waals surface area contributed by atoms with Crippen LogP contribution in [0.1, 0.15) is 39.0 Å². The van der Waals surface area contributed by atoms with E-state index >= 15 is 0 Å². The number of nitrogens with zero attached hydrogens (tertiary/aromatic N) is 2. The van der Waals surface area contributed by atoms with Crippen LogP contribution >= 0.6 is 15.9 Å². The van der Waals surface area contributed by atoms with Crippen LogP contribution in [0.3, 0.4) is 0 Å². The van der Waals surface area contributed by atoms with Gasteiger partial charge >= 0.3 is 0 Å². The molecule has 0 aromatic heterocycles. The average molecular weight is 305 g/mol. The van der Waals surface area contributed by atoms with Crippen LogP contribution in [0.4, 0.5) is 0 Å². The summed E-state index contributed by atoms with van der Waals surface area (Å²) in [6, 6.07) is 0. The summed E-state index contributed by atoms with van der Waals surface area (Å²) in [6.07, 6.45) is 6.78. The second-order valence-electron chi connectivity index (χ2n) is 5.98. The normalized spacial score (nSPS) is 20.6. The molecule has 0 bridgehead atoms. The quantitative estimate of drug-likeness (QED) is 0.635. The van der Waals surface area contributed by atoms with Gasteiger partial charge in [-0.3, -0.25) is 0 Å². The summed E-state index contributed by atoms with van der Waals surface area (Å²) >= 11 is 3.65. The van der Waals surface area contributed by atoms with Crippen molar-refractivity contribution in [2.75, 3.05) is 39.6 Å². The molecule has 1 saturated carbocycles. The van der Waals surface area contributed by atoms with Crippen molar-refractivity contribution in [1.82, 2.24) is 9.80 Å². The number of hydrogen-bond acceptors (Lipinski definition) is 2. The molecule has 17 heavy (non-hydrogen) atoms. The van der Waals surface area contributed by atoms with E-state index in [4.69, 9.17) is 0 Å². The zero-order chi connectivity index (χ0) is 12.9. The molecule has 0 aliphatic heterocycles. The van der Waals surface area contributed by atoms with E-state index in [1.165, 1.54) is 45.2 Å². The number of alkyl halides is 1. The zero-order valence-electron chi connectivity index (χ0n) is 12.0. The summed E-state index contributed by atoms with van der Waals surface area (Å²) in [5.41, 5.74) is 0.470. The van der Waals surface area contributed by atoms with Crippen LogP contribution in [0.25, 0.3) is 0 Å². The highest BCUT2D eigenvalue weighted by molar-refractivity contribution is 9.09. The lowest BCUT2D eigenvalue weighted by Gasteiger charge is -2.49. The molecule has 0 heterocycles. The highest BCUT2D eigenvalue weighted by atomic mass is 79.9. The van der Waals surface area contributed by atoms with Gasteiger partial charge in [-0.2, -0.15) is 0 Å². The molecule has 0 saturated heterocycles. The summed E-state index contributed by atoms with van der Waals surface area (Å²) in [5.74, 6) is 0.810. The first-order valence-corrected chi connectivity index (χ1v) is 8.08. The van der Waals surface area contributed by atoms with Gasteiger partial charge in [0.05, 0.1) is 0 Å². The molecule has 0 amide bonds. The van der Waals surface area contributed by atoms with Crippen LogP contribution in [0.5, 0.6) is 0 Å². The molecule has 2 nitrogen and oxygen atoms in total. The maximum Gasteiger partial charge on any atom is 0.0330 e. The Bertz CT molecular complexity index is 214. The topological polar surface area (TPSA) is 6.48 Å². The first kappa shape index (κ1) is 15.5. The molecular weight excluding hydrogens is 276 g/mol. The van der Waals surface area contributed by atoms with E-state index in [-0.39, 0.29) is 0 Å². The van der Waals surface area contributed by atoms with Crippen LogP contribution in [0, 0.1) is 5.92 Å². The zero-order valence-corrected chi connectivity index (χ0v) is 13.6. The minimum atomic E-state index is 0.470. The van der Waals surface area contributed by atoms with E-state index in [1.807, 2.05) is 0 Å². The highest BCUT2D eigenvalue weighted by Gasteiger charge is 2.39. The minimum absolute atomic E-state index is 0.470. The molecule has 1 unspecified atom stereocenters. The van der Waals surface area contributed by atoms with Crippen LogP contribution in [-0.2, 0) is 0 Å². The fraction of sp³-hybridized carbons (Fsp3) is 1.00. The number of hydrogen-bond donors (Lipinski definition) is 0. The van der Waals surface area contributed by atoms with E-state index < -0.39 is 0 Å². The van der Waals surface area contributed by atoms with E-state index in [1.54, 1.807) is 0 Å². The summed E-state index contributed by atoms with van der Waals surface area (Å²) in [5, 5.41) is 1.14. The number of likely N-dealkylation sites (N-methyl/N-ethyl adjacent to an activating group) is 2. The average Bonchev–Trinajstić information content (AvgIpc) is 2.22. The third kappa shape index (κ3) is 4.22. The summed E-state index contributed by atoms with van der Waals surface area (Å²) in [6.45, 7) is 4.74. The van der Waals surface area contributed by atoms with Crippen molar-refractivity contribution in [1.29, 1.82) is 0 Å². The van der Waals surface area contributed by atoms with E-state index in [0.717, 1.165) is 11.2 Å². The summed E-state index contributed by atoms with van der Waals surface area (Å²) in [7, 11) is 6.76. The second kappa shape index (κ2) is 7.10. The Labute approximate surface area is 116 Å². The predicted octanol–water partition coefficient (Wildman–Crippen LogP) is 3.21. The Morgan fingerprint density at radius 3 is 2.24 bits per heavy atom. The Hall–Kier alpha value is 0.400. The maximum atomic E-state index is 3.65. The van der Waals surface area contributed by atoms with E-state index in [2.05, 4.69) is 53.8 Å². The largest absolute Gasteiger partial charge is 0.304 e. The third-order valence-electron chi connectivity index (χ3n) is 4.28. The molecule has 0 aromatic carbocycles. The molecular formula is C14H29BrN2. The molecule has 3 heteroatoms. The van der Waals surface area contributed by atoms with Gasteiger partial charge in [0, 0.05) is 24.0 Å². The van der Waals surface area contributed by atoms with Gasteiger partial charge in [-0.15, -0.1) is 0 Å². The van der Waals surface area contributed by atoms with Gasteiger partial charge in [-0.1, -0.05) is 29.3 Å². The lowest BCUT2D eigenvalue weighted by molar-refractivity contribution is 0.0246. The van der Waals surface area contributed by atoms with Crippen molar-refractivity contribution in [3.8, 4) is 0 Å². The Morgan fingerprint density at radius 1 is 1.24 bits per heavy atom. The first-order chi connectivity index (χ1) is 8.04. The molecule has 0 aromatic rings. The molecule has 102 valence electrons. The van der Waals surface area contributed by atoms with Gasteiger partial charge in [0.1, 0.15) is 0 Å². The lowest BCUT2D eigenvalue weighted by atomic mass is 9.75. The summed E-state index contributed by atoms with van der Waals surface area (Å²) in [4.78, 5) is 4.98. The van der Waals surface area contributed by atoms with Crippen molar-refractivity contribution in [2.24, 2.45) is 5.92 Å². The predicted molar refractivity (Wildman–Crippen MR) is 80.0 cm³/mol. The van der Waals surface area contributed by atoms with E-state index in [0.29, 0.717) is 5.54 Å². The van der Waals surface area contributed by atoms with Gasteiger partial charge in [-0.25, -0.2) is 0 Å². The summed E-state index contributed by atoms with van der Waals surface area (Å²) < 4.78 is 0. The smallest absolute Gasteiger partial charge is 0.0330 e. The van der Waals surface area contributed by atoms with Crippen LogP contribution in [-0.4, -0.2) is 54.9 Å². The van der Waals surface area contributed by atoms with Gasteiger partial charge in [0.15, 0.2) is 0 Å². The van der Waals surface area contributed by atoms with Crippen molar-refractivity contribution >= 4 is 15.9 Å². The fourth-order valence-corrected chi connectivity index (χ4v) is 3.49. The molecule has 1 aliphatic carbocycles. The molecule has 1 aliphatic rings. The standard InChI is InChI=1S/C14H29BrN2/c1-5-7-13(10-15)11-17(4)12-14(16(2)3)8-6-9-14/h13H,5-12H2,1-4H3. The Kier molecular flexibility index (Phi) is 6.46. The lowest BCUT2D eigenvalue weighted by Crippen LogP contribution is -2.57. The van der Waals surface area contributed by atoms with Gasteiger partial charge in [-0.05, 0) is 52.7 Å². The third-order valence-corrected chi connectivity index (χ3v) is 5.20. The Morgan fingerprint density at radius 2 is 1.88 bits per heavy atom. The molecule has 1 rings (SSSR count). The number of halogens is 1. The van der Waals surface area contributed by atoms with Crippen molar-refractivity contribution in [3.63, 3.8) is 0 Å². The van der Waals surface area contributed by atoms with Gasteiger partial charge in [0.25, 0.3) is 0 Å². The van der Waals surface area contributed by atoms with Crippen LogP contribution in [0.2, 0.25) is 0 Å². The molecule has 0 radical (unpaired) electrons. The molecule has 1 fully saturated rings. The van der Waals surface area contributed by atoms with Gasteiger partial charge < -0.3 is 9.80 Å². The number of rotatable bonds is 8. The van der Waals surface area contributed by atoms with Crippen LogP contribution in [0.15, 0.2) is 0 Å². The molecule has 1 atom stereocenters. The second-order valence-corrected chi connectivity index (χ2v) is 6.63. The maximum absolute atomic E-state index is 3.65. The monoisotopic (exact) mass is 304 g/mol. The SMILES string of the molecule is CCCC(CBr)CN(C)CC1(N(C)C)CCC1.